The number of carbonyl (C=O) groups is 1. The number of nitrogens with zero attached hydrogens (tertiary/aromatic N) is 1. The summed E-state index contributed by atoms with van der Waals surface area (Å²) in [6.45, 7) is 9.64. The summed E-state index contributed by atoms with van der Waals surface area (Å²) in [5.74, 6) is -0.139. The van der Waals surface area contributed by atoms with Crippen molar-refractivity contribution in [3.63, 3.8) is 0 Å². The second-order valence-corrected chi connectivity index (χ2v) is 7.24. The predicted molar refractivity (Wildman–Crippen MR) is 96.4 cm³/mol. The van der Waals surface area contributed by atoms with E-state index < -0.39 is 18.3 Å². The normalized spacial score (nSPS) is 19.4. The van der Waals surface area contributed by atoms with Crippen LogP contribution in [0, 0.1) is 0 Å². The second-order valence-electron chi connectivity index (χ2n) is 6.85. The summed E-state index contributed by atoms with van der Waals surface area (Å²) in [7, 11) is -0.586. The van der Waals surface area contributed by atoms with Crippen LogP contribution >= 0.6 is 11.6 Å². The molecule has 3 N–H and O–H groups in total. The van der Waals surface area contributed by atoms with Crippen molar-refractivity contribution in [1.29, 1.82) is 0 Å². The number of carbonyl (C=O) groups excluding carboxylic acids is 1. The third-order valence-corrected chi connectivity index (χ3v) is 4.58. The Morgan fingerprint density at radius 1 is 1.38 bits per heavy atom. The van der Waals surface area contributed by atoms with Gasteiger partial charge in [-0.15, -0.1) is 0 Å². The van der Waals surface area contributed by atoms with Crippen LogP contribution in [0.3, 0.4) is 0 Å². The maximum absolute atomic E-state index is 11.3. The number of amides is 1. The lowest BCUT2D eigenvalue weighted by Gasteiger charge is -2.32. The third kappa shape index (κ3) is 4.09. The van der Waals surface area contributed by atoms with Crippen LogP contribution in [0.1, 0.15) is 40.2 Å². The van der Waals surface area contributed by atoms with Crippen LogP contribution in [0.15, 0.2) is 17.7 Å². The Morgan fingerprint density at radius 3 is 2.46 bits per heavy atom. The van der Waals surface area contributed by atoms with E-state index in [9.17, 15) is 4.79 Å². The molecule has 130 valence electrons. The number of nitrogens with one attached hydrogen (secondary N) is 1. The molecule has 0 radical (unpaired) electrons. The first-order valence-corrected chi connectivity index (χ1v) is 8.11. The van der Waals surface area contributed by atoms with Gasteiger partial charge in [-0.3, -0.25) is 4.79 Å². The largest absolute Gasteiger partial charge is 0.492 e. The molecule has 2 heterocycles. The minimum absolute atomic E-state index is 0.139. The number of rotatable bonds is 4. The first-order valence-electron chi connectivity index (χ1n) is 7.73. The van der Waals surface area contributed by atoms with Gasteiger partial charge < -0.3 is 20.4 Å². The molecule has 1 aromatic rings. The summed E-state index contributed by atoms with van der Waals surface area (Å²) >= 11 is 5.84. The van der Waals surface area contributed by atoms with Gasteiger partial charge in [0.15, 0.2) is 0 Å². The van der Waals surface area contributed by atoms with Crippen molar-refractivity contribution in [2.45, 2.75) is 45.8 Å². The van der Waals surface area contributed by atoms with Crippen LogP contribution in [-0.4, -0.2) is 35.8 Å². The molecule has 0 saturated carbocycles. The maximum Gasteiger partial charge on any atom is 0.492 e. The quantitative estimate of drug-likeness (QED) is 0.643. The Labute approximate surface area is 147 Å². The Balaban J connectivity index is 2.35. The number of nitrogen functional groups attached to an aromatic ring is 1. The molecule has 1 aliphatic rings. The highest BCUT2D eigenvalue weighted by Crippen LogP contribution is 2.38. The van der Waals surface area contributed by atoms with E-state index in [4.69, 9.17) is 26.6 Å². The highest BCUT2D eigenvalue weighted by atomic mass is 35.5. The summed E-state index contributed by atoms with van der Waals surface area (Å²) in [6.07, 6.45) is 3.40. The highest BCUT2D eigenvalue weighted by molar-refractivity contribution is 6.56. The molecule has 6 nitrogen and oxygen atoms in total. The fourth-order valence-corrected chi connectivity index (χ4v) is 2.36. The van der Waals surface area contributed by atoms with Crippen molar-refractivity contribution in [2.24, 2.45) is 0 Å². The minimum atomic E-state index is -0.586. The minimum Gasteiger partial charge on any atom is -0.400 e. The summed E-state index contributed by atoms with van der Waals surface area (Å²) in [4.78, 5) is 15.4. The Kier molecular flexibility index (Phi) is 5.27. The highest BCUT2D eigenvalue weighted by Gasteiger charge is 2.52. The monoisotopic (exact) mass is 351 g/mol. The molecule has 0 aliphatic carbocycles. The van der Waals surface area contributed by atoms with Crippen LogP contribution in [0.2, 0.25) is 5.15 Å². The van der Waals surface area contributed by atoms with Gasteiger partial charge in [-0.05, 0) is 39.2 Å². The maximum atomic E-state index is 11.3. The van der Waals surface area contributed by atoms with E-state index in [-0.39, 0.29) is 12.5 Å². The lowest BCUT2D eigenvalue weighted by Crippen LogP contribution is -2.41. The summed E-state index contributed by atoms with van der Waals surface area (Å²) in [6, 6.07) is 1.58. The topological polar surface area (TPSA) is 86.5 Å². The van der Waals surface area contributed by atoms with Gasteiger partial charge in [-0.1, -0.05) is 17.7 Å². The van der Waals surface area contributed by atoms with Crippen molar-refractivity contribution in [3.05, 3.63) is 28.5 Å². The summed E-state index contributed by atoms with van der Waals surface area (Å²) in [5.41, 5.74) is 6.97. The first-order chi connectivity index (χ1) is 11.0. The molecular formula is C16H23BClN3O3. The van der Waals surface area contributed by atoms with Gasteiger partial charge >= 0.3 is 7.12 Å². The van der Waals surface area contributed by atoms with Gasteiger partial charge in [0.1, 0.15) is 5.15 Å². The number of halogens is 1. The van der Waals surface area contributed by atoms with E-state index in [1.54, 1.807) is 12.3 Å². The fraction of sp³-hybridized carbons (Fsp3) is 0.500. The predicted octanol–water partition coefficient (Wildman–Crippen LogP) is 2.47. The molecule has 2 rings (SSSR count). The number of hydrogen-bond acceptors (Lipinski definition) is 5. The van der Waals surface area contributed by atoms with E-state index in [2.05, 4.69) is 10.3 Å². The molecule has 1 saturated heterocycles. The van der Waals surface area contributed by atoms with Gasteiger partial charge in [-0.25, -0.2) is 4.98 Å². The van der Waals surface area contributed by atoms with Crippen LogP contribution in [-0.2, 0) is 14.1 Å². The van der Waals surface area contributed by atoms with Crippen LogP contribution in [0.25, 0.3) is 6.08 Å². The van der Waals surface area contributed by atoms with Gasteiger partial charge in [-0.2, -0.15) is 0 Å². The van der Waals surface area contributed by atoms with Crippen LogP contribution in [0.5, 0.6) is 0 Å². The zero-order chi connectivity index (χ0) is 18.1. The average molecular weight is 352 g/mol. The van der Waals surface area contributed by atoms with Crippen molar-refractivity contribution in [3.8, 4) is 0 Å². The summed E-state index contributed by atoms with van der Waals surface area (Å²) < 4.78 is 12.1. The lowest BCUT2D eigenvalue weighted by molar-refractivity contribution is -0.118. The van der Waals surface area contributed by atoms with Crippen LogP contribution in [0.4, 0.5) is 5.69 Å². The molecule has 0 spiro atoms. The van der Waals surface area contributed by atoms with E-state index in [1.807, 2.05) is 33.8 Å². The van der Waals surface area contributed by atoms with Crippen molar-refractivity contribution >= 4 is 36.4 Å². The molecule has 24 heavy (non-hydrogen) atoms. The number of pyridine rings is 1. The number of aromatic nitrogens is 1. The van der Waals surface area contributed by atoms with Gasteiger partial charge in [0.25, 0.3) is 0 Å². The third-order valence-electron chi connectivity index (χ3n) is 4.37. The zero-order valence-electron chi connectivity index (χ0n) is 14.6. The molecule has 1 amide bonds. The molecule has 0 bridgehead atoms. The molecule has 1 aliphatic heterocycles. The summed E-state index contributed by atoms with van der Waals surface area (Å²) in [5, 5.41) is 3.10. The molecular weight excluding hydrogens is 328 g/mol. The van der Waals surface area contributed by atoms with Crippen molar-refractivity contribution in [2.75, 3.05) is 12.3 Å². The van der Waals surface area contributed by atoms with Crippen LogP contribution < -0.4 is 11.1 Å². The smallest absolute Gasteiger partial charge is 0.400 e. The standard InChI is InChI=1S/C16H23BClN3O3/c1-10(22)20-9-12(6-11-8-21-14(18)7-13(11)19)17-23-15(2,3)16(4,5)24-17/h6-8H,9H2,1-5H3,(H2,19,21)(H,20,22). The Hall–Kier alpha value is -1.57. The molecule has 1 aromatic heterocycles. The molecule has 0 unspecified atom stereocenters. The Bertz CT molecular complexity index is 661. The number of hydrogen-bond donors (Lipinski definition) is 2. The van der Waals surface area contributed by atoms with E-state index in [0.717, 1.165) is 5.47 Å². The van der Waals surface area contributed by atoms with Gasteiger partial charge in [0, 0.05) is 30.9 Å². The van der Waals surface area contributed by atoms with Crippen molar-refractivity contribution < 1.29 is 14.1 Å². The molecule has 1 fully saturated rings. The molecule has 8 heteroatoms. The first kappa shape index (κ1) is 18.8. The molecule has 0 aromatic carbocycles. The fourth-order valence-electron chi connectivity index (χ4n) is 2.20. The van der Waals surface area contributed by atoms with Crippen molar-refractivity contribution in [1.82, 2.24) is 10.3 Å². The van der Waals surface area contributed by atoms with E-state index in [1.165, 1.54) is 6.92 Å². The van der Waals surface area contributed by atoms with Gasteiger partial charge in [0.05, 0.1) is 11.2 Å². The van der Waals surface area contributed by atoms with E-state index >= 15 is 0 Å². The Morgan fingerprint density at radius 2 is 1.96 bits per heavy atom. The van der Waals surface area contributed by atoms with Gasteiger partial charge in [0.2, 0.25) is 5.91 Å². The van der Waals surface area contributed by atoms with E-state index in [0.29, 0.717) is 16.4 Å². The average Bonchev–Trinajstić information content (AvgIpc) is 2.65. The second kappa shape index (κ2) is 6.74. The number of nitrogens with two attached hydrogens (primary N) is 1. The molecule has 0 atom stereocenters. The zero-order valence-corrected chi connectivity index (χ0v) is 15.4. The number of anilines is 1. The SMILES string of the molecule is CC(=O)NCC(=Cc1cnc(Cl)cc1N)B1OC(C)(C)C(C)(C)O1. The lowest BCUT2D eigenvalue weighted by atomic mass is 9.77.